The predicted molar refractivity (Wildman–Crippen MR) is 123 cm³/mol. The van der Waals surface area contributed by atoms with Crippen molar-refractivity contribution >= 4 is 10.8 Å². The van der Waals surface area contributed by atoms with Crippen molar-refractivity contribution in [1.29, 1.82) is 0 Å². The molecule has 2 aliphatic carbocycles. The zero-order chi connectivity index (χ0) is 21.1. The van der Waals surface area contributed by atoms with Crippen LogP contribution in [0.15, 0.2) is 36.4 Å². The summed E-state index contributed by atoms with van der Waals surface area (Å²) in [5.41, 5.74) is 1.69. The molecule has 0 heterocycles. The molecule has 2 heteroatoms. The van der Waals surface area contributed by atoms with Gasteiger partial charge in [-0.2, -0.15) is 0 Å². The molecule has 0 N–H and O–H groups in total. The zero-order valence-electron chi connectivity index (χ0n) is 18.6. The van der Waals surface area contributed by atoms with E-state index in [4.69, 9.17) is 0 Å². The smallest absolute Gasteiger partial charge is 0.137 e. The van der Waals surface area contributed by atoms with Gasteiger partial charge in [0, 0.05) is 0 Å². The van der Waals surface area contributed by atoms with E-state index in [1.54, 1.807) is 6.07 Å². The van der Waals surface area contributed by atoms with Crippen molar-refractivity contribution in [2.24, 2.45) is 17.8 Å². The van der Waals surface area contributed by atoms with Crippen LogP contribution in [0.5, 0.6) is 0 Å². The molecule has 0 radical (unpaired) electrons. The summed E-state index contributed by atoms with van der Waals surface area (Å²) in [4.78, 5) is 0. The molecule has 0 nitrogen and oxygen atoms in total. The van der Waals surface area contributed by atoms with Gasteiger partial charge >= 0.3 is 0 Å². The average molecular weight is 411 g/mol. The molecular formula is C28H36F2. The van der Waals surface area contributed by atoms with E-state index < -0.39 is 0 Å². The number of hydrogen-bond donors (Lipinski definition) is 0. The van der Waals surface area contributed by atoms with E-state index in [1.807, 2.05) is 31.2 Å². The second kappa shape index (κ2) is 9.62. The van der Waals surface area contributed by atoms with Crippen LogP contribution in [0.3, 0.4) is 0 Å². The molecule has 2 unspecified atom stereocenters. The molecule has 0 spiro atoms. The van der Waals surface area contributed by atoms with Gasteiger partial charge in [0.1, 0.15) is 11.6 Å². The predicted octanol–water partition coefficient (Wildman–Crippen LogP) is 8.73. The Balaban J connectivity index is 1.52. The standard InChI is InChI=1S/C28H36F2/c1-3-5-6-8-20-11-14-24-17-25(18-26(29)27(24)28(20)30)23-13-12-21-15-19(7-4-2)9-10-22(21)16-23/h3,5,11,14,17-19,21-23H,4,6-10,12-13,15-16H2,1-2H3/b5-3+/t19?,21-,22?,23-/m1/s1. The molecule has 0 saturated heterocycles. The van der Waals surface area contributed by atoms with E-state index in [-0.39, 0.29) is 17.0 Å². The van der Waals surface area contributed by atoms with Gasteiger partial charge in [-0.3, -0.25) is 0 Å². The zero-order valence-corrected chi connectivity index (χ0v) is 18.6. The maximum Gasteiger partial charge on any atom is 0.137 e. The number of halogens is 2. The first-order chi connectivity index (χ1) is 14.6. The highest BCUT2D eigenvalue weighted by Crippen LogP contribution is 2.48. The molecule has 30 heavy (non-hydrogen) atoms. The van der Waals surface area contributed by atoms with Crippen LogP contribution < -0.4 is 0 Å². The normalized spacial score (nSPS) is 26.9. The Labute approximate surface area is 180 Å². The molecule has 2 aromatic rings. The third-order valence-corrected chi connectivity index (χ3v) is 7.81. The van der Waals surface area contributed by atoms with Crippen LogP contribution in [-0.4, -0.2) is 0 Å². The number of aryl methyl sites for hydroxylation is 1. The lowest BCUT2D eigenvalue weighted by molar-refractivity contribution is 0.114. The summed E-state index contributed by atoms with van der Waals surface area (Å²) in [6.07, 6.45) is 15.8. The van der Waals surface area contributed by atoms with E-state index in [0.717, 1.165) is 36.2 Å². The minimum Gasteiger partial charge on any atom is -0.206 e. The third-order valence-electron chi connectivity index (χ3n) is 7.81. The highest BCUT2D eigenvalue weighted by molar-refractivity contribution is 5.85. The molecule has 0 amide bonds. The third kappa shape index (κ3) is 4.48. The molecule has 0 bridgehead atoms. The topological polar surface area (TPSA) is 0 Å². The Morgan fingerprint density at radius 3 is 2.60 bits per heavy atom. The van der Waals surface area contributed by atoms with E-state index in [1.165, 1.54) is 44.9 Å². The van der Waals surface area contributed by atoms with Gasteiger partial charge in [0.25, 0.3) is 0 Å². The summed E-state index contributed by atoms with van der Waals surface area (Å²) in [5, 5.41) is 0.886. The highest BCUT2D eigenvalue weighted by Gasteiger charge is 2.36. The molecule has 0 aromatic heterocycles. The SMILES string of the molecule is C/C=C/CCc1ccc2cc([C@@H]3CC[C@@H]4CC(CCC)CCC4C3)cc(F)c2c1F. The lowest BCUT2D eigenvalue weighted by atomic mass is 9.63. The van der Waals surface area contributed by atoms with Gasteiger partial charge in [0.15, 0.2) is 0 Å². The fraction of sp³-hybridized carbons (Fsp3) is 0.571. The van der Waals surface area contributed by atoms with Crippen LogP contribution in [0.25, 0.3) is 10.8 Å². The first-order valence-corrected chi connectivity index (χ1v) is 12.1. The van der Waals surface area contributed by atoms with E-state index in [2.05, 4.69) is 13.0 Å². The number of benzene rings is 2. The Morgan fingerprint density at radius 2 is 1.80 bits per heavy atom. The number of hydrogen-bond acceptors (Lipinski definition) is 0. The van der Waals surface area contributed by atoms with Crippen LogP contribution in [0.1, 0.15) is 88.7 Å². The van der Waals surface area contributed by atoms with Crippen molar-refractivity contribution in [3.63, 3.8) is 0 Å². The van der Waals surface area contributed by atoms with Gasteiger partial charge in [-0.15, -0.1) is 0 Å². The van der Waals surface area contributed by atoms with Crippen LogP contribution >= 0.6 is 0 Å². The van der Waals surface area contributed by atoms with Crippen LogP contribution in [0.2, 0.25) is 0 Å². The van der Waals surface area contributed by atoms with E-state index in [0.29, 0.717) is 23.3 Å². The Kier molecular flexibility index (Phi) is 6.91. The minimum absolute atomic E-state index is 0.172. The molecule has 162 valence electrons. The van der Waals surface area contributed by atoms with Crippen LogP contribution in [0, 0.1) is 29.4 Å². The average Bonchev–Trinajstić information content (AvgIpc) is 2.75. The fourth-order valence-electron chi connectivity index (χ4n) is 6.23. The van der Waals surface area contributed by atoms with Crippen LogP contribution in [0.4, 0.5) is 8.78 Å². The molecule has 2 aromatic carbocycles. The first kappa shape index (κ1) is 21.5. The Morgan fingerprint density at radius 1 is 1.00 bits per heavy atom. The largest absolute Gasteiger partial charge is 0.206 e. The van der Waals surface area contributed by atoms with Crippen LogP contribution in [-0.2, 0) is 6.42 Å². The molecule has 4 atom stereocenters. The quantitative estimate of drug-likeness (QED) is 0.418. The van der Waals surface area contributed by atoms with E-state index in [9.17, 15) is 4.39 Å². The van der Waals surface area contributed by atoms with Crippen molar-refractivity contribution in [3.8, 4) is 0 Å². The monoisotopic (exact) mass is 410 g/mol. The van der Waals surface area contributed by atoms with Crippen molar-refractivity contribution in [1.82, 2.24) is 0 Å². The lowest BCUT2D eigenvalue weighted by Crippen LogP contribution is -2.30. The molecule has 0 aliphatic heterocycles. The fourth-order valence-corrected chi connectivity index (χ4v) is 6.23. The van der Waals surface area contributed by atoms with E-state index >= 15 is 4.39 Å². The summed E-state index contributed by atoms with van der Waals surface area (Å²) < 4.78 is 30.0. The summed E-state index contributed by atoms with van der Waals surface area (Å²) >= 11 is 0. The minimum atomic E-state index is -0.387. The molecular weight excluding hydrogens is 374 g/mol. The van der Waals surface area contributed by atoms with Gasteiger partial charge in [-0.05, 0) is 98.1 Å². The Bertz CT molecular complexity index is 897. The van der Waals surface area contributed by atoms with Crippen molar-refractivity contribution in [2.75, 3.05) is 0 Å². The second-order valence-electron chi connectivity index (χ2n) is 9.75. The van der Waals surface area contributed by atoms with Crippen molar-refractivity contribution in [2.45, 2.75) is 84.0 Å². The maximum atomic E-state index is 15.0. The van der Waals surface area contributed by atoms with Crippen molar-refractivity contribution in [3.05, 3.63) is 59.2 Å². The number of rotatable bonds is 6. The van der Waals surface area contributed by atoms with Gasteiger partial charge in [0.2, 0.25) is 0 Å². The summed E-state index contributed by atoms with van der Waals surface area (Å²) in [6, 6.07) is 7.45. The van der Waals surface area contributed by atoms with Crippen molar-refractivity contribution < 1.29 is 8.78 Å². The van der Waals surface area contributed by atoms with Gasteiger partial charge < -0.3 is 0 Å². The number of fused-ring (bicyclic) bond motifs is 2. The van der Waals surface area contributed by atoms with Gasteiger partial charge in [0.05, 0.1) is 5.39 Å². The molecule has 2 saturated carbocycles. The Hall–Kier alpha value is -1.70. The summed E-state index contributed by atoms with van der Waals surface area (Å²) in [7, 11) is 0. The molecule has 2 fully saturated rings. The summed E-state index contributed by atoms with van der Waals surface area (Å²) in [5.74, 6) is 2.25. The first-order valence-electron chi connectivity index (χ1n) is 12.1. The lowest BCUT2D eigenvalue weighted by Gasteiger charge is -2.42. The molecule has 2 aliphatic rings. The second-order valence-corrected chi connectivity index (χ2v) is 9.75. The molecule has 4 rings (SSSR count). The van der Waals surface area contributed by atoms with Gasteiger partial charge in [-0.1, -0.05) is 56.5 Å². The summed E-state index contributed by atoms with van der Waals surface area (Å²) in [6.45, 7) is 4.26. The highest BCUT2D eigenvalue weighted by atomic mass is 19.1. The van der Waals surface area contributed by atoms with Gasteiger partial charge in [-0.25, -0.2) is 8.78 Å². The maximum absolute atomic E-state index is 15.0. The number of allylic oxidation sites excluding steroid dienone is 2.